The SMILES string of the molecule is COc1ccc(C)cc1CC(=O)NCC1(O)CCCC1. The second-order valence-corrected chi connectivity index (χ2v) is 5.70. The van der Waals surface area contributed by atoms with Gasteiger partial charge in [0.05, 0.1) is 19.1 Å². The molecule has 4 heteroatoms. The van der Waals surface area contributed by atoms with Crippen LogP contribution < -0.4 is 10.1 Å². The van der Waals surface area contributed by atoms with Gasteiger partial charge in [0, 0.05) is 12.1 Å². The summed E-state index contributed by atoms with van der Waals surface area (Å²) < 4.78 is 5.27. The van der Waals surface area contributed by atoms with Crippen LogP contribution in [0.1, 0.15) is 36.8 Å². The third-order valence-electron chi connectivity index (χ3n) is 3.94. The second kappa shape index (κ2) is 6.27. The second-order valence-electron chi connectivity index (χ2n) is 5.70. The Balaban J connectivity index is 1.92. The highest BCUT2D eigenvalue weighted by molar-refractivity contribution is 5.79. The normalized spacial score (nSPS) is 16.9. The quantitative estimate of drug-likeness (QED) is 0.865. The van der Waals surface area contributed by atoms with E-state index in [1.165, 1.54) is 0 Å². The van der Waals surface area contributed by atoms with Crippen LogP contribution >= 0.6 is 0 Å². The monoisotopic (exact) mass is 277 g/mol. The lowest BCUT2D eigenvalue weighted by Crippen LogP contribution is -2.41. The Labute approximate surface area is 120 Å². The van der Waals surface area contributed by atoms with E-state index < -0.39 is 5.60 Å². The van der Waals surface area contributed by atoms with Crippen LogP contribution in [0, 0.1) is 6.92 Å². The number of rotatable bonds is 5. The molecule has 20 heavy (non-hydrogen) atoms. The van der Waals surface area contributed by atoms with E-state index in [1.54, 1.807) is 7.11 Å². The minimum absolute atomic E-state index is 0.0748. The van der Waals surface area contributed by atoms with Gasteiger partial charge >= 0.3 is 0 Å². The molecule has 0 bridgehead atoms. The number of hydrogen-bond donors (Lipinski definition) is 2. The summed E-state index contributed by atoms with van der Waals surface area (Å²) in [6, 6.07) is 5.80. The third-order valence-corrected chi connectivity index (χ3v) is 3.94. The summed E-state index contributed by atoms with van der Waals surface area (Å²) in [5, 5.41) is 13.1. The fourth-order valence-corrected chi connectivity index (χ4v) is 2.75. The van der Waals surface area contributed by atoms with Gasteiger partial charge in [-0.3, -0.25) is 4.79 Å². The van der Waals surface area contributed by atoms with Gasteiger partial charge in [-0.05, 0) is 25.8 Å². The molecule has 0 saturated heterocycles. The fraction of sp³-hybridized carbons (Fsp3) is 0.562. The molecule has 1 aliphatic carbocycles. The highest BCUT2D eigenvalue weighted by atomic mass is 16.5. The van der Waals surface area contributed by atoms with Crippen LogP contribution in [-0.4, -0.2) is 30.3 Å². The van der Waals surface area contributed by atoms with Crippen molar-refractivity contribution in [2.24, 2.45) is 0 Å². The summed E-state index contributed by atoms with van der Waals surface area (Å²) in [6.07, 6.45) is 3.92. The lowest BCUT2D eigenvalue weighted by molar-refractivity contribution is -0.121. The lowest BCUT2D eigenvalue weighted by Gasteiger charge is -2.22. The van der Waals surface area contributed by atoms with Crippen molar-refractivity contribution >= 4 is 5.91 Å². The van der Waals surface area contributed by atoms with Crippen molar-refractivity contribution in [1.29, 1.82) is 0 Å². The zero-order valence-electron chi connectivity index (χ0n) is 12.2. The third kappa shape index (κ3) is 3.73. The Morgan fingerprint density at radius 3 is 2.75 bits per heavy atom. The average Bonchev–Trinajstić information content (AvgIpc) is 2.84. The van der Waals surface area contributed by atoms with Gasteiger partial charge in [0.2, 0.25) is 5.91 Å². The number of amides is 1. The number of carbonyl (C=O) groups is 1. The summed E-state index contributed by atoms with van der Waals surface area (Å²) in [4.78, 5) is 12.0. The molecule has 110 valence electrons. The Bertz CT molecular complexity index is 479. The Morgan fingerprint density at radius 2 is 2.10 bits per heavy atom. The summed E-state index contributed by atoms with van der Waals surface area (Å²) >= 11 is 0. The molecule has 0 radical (unpaired) electrons. The molecule has 1 aromatic rings. The molecule has 0 aromatic heterocycles. The minimum atomic E-state index is -0.702. The maximum Gasteiger partial charge on any atom is 0.224 e. The number of nitrogens with one attached hydrogen (secondary N) is 1. The van der Waals surface area contributed by atoms with Crippen molar-refractivity contribution in [2.45, 2.75) is 44.6 Å². The van der Waals surface area contributed by atoms with E-state index in [4.69, 9.17) is 4.74 Å². The molecule has 0 spiro atoms. The van der Waals surface area contributed by atoms with Gasteiger partial charge in [0.15, 0.2) is 0 Å². The molecule has 1 fully saturated rings. The Morgan fingerprint density at radius 1 is 1.40 bits per heavy atom. The van der Waals surface area contributed by atoms with Crippen molar-refractivity contribution < 1.29 is 14.6 Å². The topological polar surface area (TPSA) is 58.6 Å². The highest BCUT2D eigenvalue weighted by Crippen LogP contribution is 2.28. The molecule has 1 amide bonds. The predicted octanol–water partition coefficient (Wildman–Crippen LogP) is 1.97. The van der Waals surface area contributed by atoms with Crippen LogP contribution in [0.25, 0.3) is 0 Å². The molecular weight excluding hydrogens is 254 g/mol. The van der Waals surface area contributed by atoms with Gasteiger partial charge in [-0.1, -0.05) is 30.5 Å². The molecule has 1 aromatic carbocycles. The number of carbonyl (C=O) groups excluding carboxylic acids is 1. The van der Waals surface area contributed by atoms with Crippen LogP contribution in [0.2, 0.25) is 0 Å². The molecule has 2 rings (SSSR count). The van der Waals surface area contributed by atoms with Gasteiger partial charge in [-0.2, -0.15) is 0 Å². The van der Waals surface area contributed by atoms with Gasteiger partial charge in [-0.15, -0.1) is 0 Å². The van der Waals surface area contributed by atoms with Crippen molar-refractivity contribution in [3.8, 4) is 5.75 Å². The first-order valence-electron chi connectivity index (χ1n) is 7.15. The van der Waals surface area contributed by atoms with Crippen LogP contribution in [0.3, 0.4) is 0 Å². The van der Waals surface area contributed by atoms with Crippen molar-refractivity contribution in [3.05, 3.63) is 29.3 Å². The molecule has 0 atom stereocenters. The number of aryl methyl sites for hydroxylation is 1. The van der Waals surface area contributed by atoms with E-state index in [1.807, 2.05) is 25.1 Å². The molecule has 1 saturated carbocycles. The van der Waals surface area contributed by atoms with Gasteiger partial charge in [-0.25, -0.2) is 0 Å². The molecule has 4 nitrogen and oxygen atoms in total. The Hall–Kier alpha value is -1.55. The van der Waals surface area contributed by atoms with E-state index >= 15 is 0 Å². The molecule has 0 heterocycles. The first kappa shape index (κ1) is 14.9. The zero-order chi connectivity index (χ0) is 14.6. The standard InChI is InChI=1S/C16H23NO3/c1-12-5-6-14(20-2)13(9-12)10-15(18)17-11-16(19)7-3-4-8-16/h5-6,9,19H,3-4,7-8,10-11H2,1-2H3,(H,17,18). The summed E-state index contributed by atoms with van der Waals surface area (Å²) in [5.74, 6) is 0.652. The van der Waals surface area contributed by atoms with E-state index in [0.29, 0.717) is 6.54 Å². The summed E-state index contributed by atoms with van der Waals surface area (Å²) in [5.41, 5.74) is 1.28. The average molecular weight is 277 g/mol. The van der Waals surface area contributed by atoms with Crippen molar-refractivity contribution in [1.82, 2.24) is 5.32 Å². The summed E-state index contributed by atoms with van der Waals surface area (Å²) in [6.45, 7) is 2.34. The smallest absolute Gasteiger partial charge is 0.224 e. The zero-order valence-corrected chi connectivity index (χ0v) is 12.2. The molecule has 0 unspecified atom stereocenters. The number of methoxy groups -OCH3 is 1. The first-order chi connectivity index (χ1) is 9.52. The first-order valence-corrected chi connectivity index (χ1v) is 7.15. The Kier molecular flexibility index (Phi) is 4.65. The van der Waals surface area contributed by atoms with Crippen LogP contribution in [-0.2, 0) is 11.2 Å². The van der Waals surface area contributed by atoms with E-state index in [2.05, 4.69) is 5.32 Å². The number of hydrogen-bond acceptors (Lipinski definition) is 3. The van der Waals surface area contributed by atoms with Gasteiger partial charge in [0.1, 0.15) is 5.75 Å². The largest absolute Gasteiger partial charge is 0.496 e. The molecule has 1 aliphatic rings. The van der Waals surface area contributed by atoms with Gasteiger partial charge < -0.3 is 15.2 Å². The van der Waals surface area contributed by atoms with E-state index in [-0.39, 0.29) is 12.3 Å². The van der Waals surface area contributed by atoms with Crippen molar-refractivity contribution in [3.63, 3.8) is 0 Å². The van der Waals surface area contributed by atoms with Crippen LogP contribution in [0.4, 0.5) is 0 Å². The van der Waals surface area contributed by atoms with Gasteiger partial charge in [0.25, 0.3) is 0 Å². The summed E-state index contributed by atoms with van der Waals surface area (Å²) in [7, 11) is 1.60. The van der Waals surface area contributed by atoms with Crippen LogP contribution in [0.5, 0.6) is 5.75 Å². The minimum Gasteiger partial charge on any atom is -0.496 e. The van der Waals surface area contributed by atoms with E-state index in [9.17, 15) is 9.90 Å². The molecular formula is C16H23NO3. The van der Waals surface area contributed by atoms with E-state index in [0.717, 1.165) is 42.6 Å². The lowest BCUT2D eigenvalue weighted by atomic mass is 10.0. The maximum absolute atomic E-state index is 12.0. The fourth-order valence-electron chi connectivity index (χ4n) is 2.75. The van der Waals surface area contributed by atoms with Crippen molar-refractivity contribution in [2.75, 3.05) is 13.7 Å². The number of ether oxygens (including phenoxy) is 1. The number of aliphatic hydroxyl groups is 1. The molecule has 0 aliphatic heterocycles. The number of benzene rings is 1. The highest BCUT2D eigenvalue weighted by Gasteiger charge is 2.31. The molecule has 2 N–H and O–H groups in total. The predicted molar refractivity (Wildman–Crippen MR) is 77.9 cm³/mol. The van der Waals surface area contributed by atoms with Crippen LogP contribution in [0.15, 0.2) is 18.2 Å². The maximum atomic E-state index is 12.0.